The molecule has 2 amide bonds. The van der Waals surface area contributed by atoms with Gasteiger partial charge in [-0.15, -0.1) is 6.58 Å². The molecule has 0 aliphatic carbocycles. The molecule has 0 saturated carbocycles. The smallest absolute Gasteiger partial charge is 0.293 e. The number of ether oxygens (including phenoxy) is 2. The van der Waals surface area contributed by atoms with Gasteiger partial charge in [0.2, 0.25) is 0 Å². The van der Waals surface area contributed by atoms with Gasteiger partial charge in [-0.2, -0.15) is 0 Å². The number of hydrogen-bond donors (Lipinski definition) is 0. The van der Waals surface area contributed by atoms with E-state index < -0.39 is 0 Å². The third kappa shape index (κ3) is 4.13. The summed E-state index contributed by atoms with van der Waals surface area (Å²) in [5.41, 5.74) is 0.774. The highest BCUT2D eigenvalue weighted by atomic mass is 127. The van der Waals surface area contributed by atoms with Crippen molar-refractivity contribution in [2.24, 2.45) is 0 Å². The molecule has 1 aromatic rings. The van der Waals surface area contributed by atoms with Crippen molar-refractivity contribution >= 4 is 51.6 Å². The van der Waals surface area contributed by atoms with E-state index in [1.807, 2.05) is 19.9 Å². The van der Waals surface area contributed by atoms with E-state index in [-0.39, 0.29) is 23.8 Å². The van der Waals surface area contributed by atoms with E-state index >= 15 is 0 Å². The molecule has 24 heavy (non-hydrogen) atoms. The number of carbonyl (C=O) groups is 2. The van der Waals surface area contributed by atoms with E-state index in [1.54, 1.807) is 19.3 Å². The number of rotatable bonds is 6. The van der Waals surface area contributed by atoms with E-state index in [0.29, 0.717) is 16.4 Å². The van der Waals surface area contributed by atoms with Crippen molar-refractivity contribution in [3.63, 3.8) is 0 Å². The highest BCUT2D eigenvalue weighted by Crippen LogP contribution is 2.37. The zero-order valence-electron chi connectivity index (χ0n) is 13.7. The maximum Gasteiger partial charge on any atom is 0.293 e. The Balaban J connectivity index is 2.36. The van der Waals surface area contributed by atoms with Gasteiger partial charge < -0.3 is 9.47 Å². The zero-order chi connectivity index (χ0) is 17.9. The SMILES string of the molecule is C=CCN1C(=O)S/C(=C/c2cc(I)c(OC(C)C)c(OC)c2)C1=O. The Labute approximate surface area is 159 Å². The van der Waals surface area contributed by atoms with Gasteiger partial charge in [0.05, 0.1) is 21.7 Å². The lowest BCUT2D eigenvalue weighted by Crippen LogP contribution is -2.27. The second-order valence-corrected chi connectivity index (χ2v) is 7.44. The van der Waals surface area contributed by atoms with Crippen molar-refractivity contribution in [1.82, 2.24) is 4.90 Å². The Morgan fingerprint density at radius 1 is 1.38 bits per heavy atom. The molecule has 0 aromatic heterocycles. The second-order valence-electron chi connectivity index (χ2n) is 5.28. The van der Waals surface area contributed by atoms with Gasteiger partial charge in [0.15, 0.2) is 11.5 Å². The lowest BCUT2D eigenvalue weighted by atomic mass is 10.2. The molecule has 1 aromatic carbocycles. The fourth-order valence-electron chi connectivity index (χ4n) is 2.11. The first-order chi connectivity index (χ1) is 11.4. The molecule has 0 bridgehead atoms. The van der Waals surface area contributed by atoms with Crippen molar-refractivity contribution in [3.05, 3.63) is 38.8 Å². The summed E-state index contributed by atoms with van der Waals surface area (Å²) in [7, 11) is 1.57. The molecule has 1 fully saturated rings. The van der Waals surface area contributed by atoms with Crippen LogP contribution in [0.2, 0.25) is 0 Å². The Morgan fingerprint density at radius 2 is 2.08 bits per heavy atom. The van der Waals surface area contributed by atoms with Gasteiger partial charge in [-0.05, 0) is 72.0 Å². The standard InChI is InChI=1S/C17H18INO4S/c1-5-6-19-16(20)14(24-17(19)21)9-11-7-12(18)15(23-10(2)3)13(8-11)22-4/h5,7-10H,1,6H2,2-4H3/b14-9+. The molecule has 0 spiro atoms. The summed E-state index contributed by atoms with van der Waals surface area (Å²) >= 11 is 3.09. The van der Waals surface area contributed by atoms with Crippen LogP contribution >= 0.6 is 34.4 Å². The fraction of sp³-hybridized carbons (Fsp3) is 0.294. The van der Waals surface area contributed by atoms with Crippen LogP contribution in [0.15, 0.2) is 29.7 Å². The van der Waals surface area contributed by atoms with Crippen LogP contribution in [0.4, 0.5) is 4.79 Å². The number of amides is 2. The van der Waals surface area contributed by atoms with Gasteiger partial charge in [0, 0.05) is 6.54 Å². The monoisotopic (exact) mass is 459 g/mol. The first-order valence-electron chi connectivity index (χ1n) is 7.27. The maximum absolute atomic E-state index is 12.3. The van der Waals surface area contributed by atoms with Gasteiger partial charge in [0.1, 0.15) is 0 Å². The molecule has 0 radical (unpaired) electrons. The number of hydrogen-bond acceptors (Lipinski definition) is 5. The number of benzene rings is 1. The van der Waals surface area contributed by atoms with Crippen molar-refractivity contribution in [2.75, 3.05) is 13.7 Å². The maximum atomic E-state index is 12.3. The highest BCUT2D eigenvalue weighted by molar-refractivity contribution is 14.1. The molecule has 1 aliphatic rings. The number of thioether (sulfide) groups is 1. The molecular weight excluding hydrogens is 441 g/mol. The molecule has 1 saturated heterocycles. The Kier molecular flexibility index (Phi) is 6.34. The minimum atomic E-state index is -0.304. The predicted octanol–water partition coefficient (Wildman–Crippen LogP) is 4.31. The van der Waals surface area contributed by atoms with Crippen molar-refractivity contribution in [2.45, 2.75) is 20.0 Å². The minimum absolute atomic E-state index is 0.0219. The summed E-state index contributed by atoms with van der Waals surface area (Å²) in [5.74, 6) is 0.957. The molecular formula is C17H18INO4S. The van der Waals surface area contributed by atoms with E-state index in [1.165, 1.54) is 11.0 Å². The van der Waals surface area contributed by atoms with Crippen LogP contribution in [0.5, 0.6) is 11.5 Å². The van der Waals surface area contributed by atoms with E-state index in [4.69, 9.17) is 9.47 Å². The lowest BCUT2D eigenvalue weighted by molar-refractivity contribution is -0.122. The summed E-state index contributed by atoms with van der Waals surface area (Å²) in [4.78, 5) is 25.7. The van der Waals surface area contributed by atoms with Crippen LogP contribution in [0.25, 0.3) is 6.08 Å². The summed E-state index contributed by atoms with van der Waals surface area (Å²) < 4.78 is 12.1. The first-order valence-corrected chi connectivity index (χ1v) is 9.17. The van der Waals surface area contributed by atoms with Crippen LogP contribution in [-0.2, 0) is 4.79 Å². The quantitative estimate of drug-likeness (QED) is 0.361. The topological polar surface area (TPSA) is 55.8 Å². The summed E-state index contributed by atoms with van der Waals surface area (Å²) in [6.07, 6.45) is 3.25. The molecule has 1 heterocycles. The molecule has 0 N–H and O–H groups in total. The minimum Gasteiger partial charge on any atom is -0.493 e. The molecule has 0 unspecified atom stereocenters. The summed E-state index contributed by atoms with van der Waals surface area (Å²) in [6.45, 7) is 7.66. The molecule has 7 heteroatoms. The van der Waals surface area contributed by atoms with E-state index in [9.17, 15) is 9.59 Å². The van der Waals surface area contributed by atoms with Crippen LogP contribution < -0.4 is 9.47 Å². The number of carbonyl (C=O) groups excluding carboxylic acids is 2. The number of halogens is 1. The second kappa shape index (κ2) is 8.06. The van der Waals surface area contributed by atoms with Gasteiger partial charge in [-0.25, -0.2) is 0 Å². The number of methoxy groups -OCH3 is 1. The van der Waals surface area contributed by atoms with Gasteiger partial charge in [0.25, 0.3) is 11.1 Å². The van der Waals surface area contributed by atoms with Crippen molar-refractivity contribution in [3.8, 4) is 11.5 Å². The highest BCUT2D eigenvalue weighted by Gasteiger charge is 2.34. The largest absolute Gasteiger partial charge is 0.493 e. The number of nitrogens with zero attached hydrogens (tertiary/aromatic N) is 1. The van der Waals surface area contributed by atoms with Crippen LogP contribution in [0.1, 0.15) is 19.4 Å². The Morgan fingerprint density at radius 3 is 2.67 bits per heavy atom. The predicted molar refractivity (Wildman–Crippen MR) is 104 cm³/mol. The van der Waals surface area contributed by atoms with Crippen LogP contribution in [-0.4, -0.2) is 35.8 Å². The van der Waals surface area contributed by atoms with E-state index in [0.717, 1.165) is 20.9 Å². The zero-order valence-corrected chi connectivity index (χ0v) is 16.6. The summed E-state index contributed by atoms with van der Waals surface area (Å²) in [6, 6.07) is 3.68. The Bertz CT molecular complexity index is 715. The Hall–Kier alpha value is -1.48. The van der Waals surface area contributed by atoms with Gasteiger partial charge in [-0.3, -0.25) is 14.5 Å². The third-order valence-electron chi connectivity index (χ3n) is 3.09. The molecule has 1 aliphatic heterocycles. The average Bonchev–Trinajstić information content (AvgIpc) is 2.77. The van der Waals surface area contributed by atoms with Crippen molar-refractivity contribution < 1.29 is 19.1 Å². The average molecular weight is 459 g/mol. The van der Waals surface area contributed by atoms with Crippen LogP contribution in [0.3, 0.4) is 0 Å². The molecule has 0 atom stereocenters. The first kappa shape index (κ1) is 18.9. The number of imide groups is 1. The van der Waals surface area contributed by atoms with Gasteiger partial charge >= 0.3 is 0 Å². The molecule has 2 rings (SSSR count). The summed E-state index contributed by atoms with van der Waals surface area (Å²) in [5, 5.41) is -0.285. The van der Waals surface area contributed by atoms with Gasteiger partial charge in [-0.1, -0.05) is 6.08 Å². The van der Waals surface area contributed by atoms with Crippen molar-refractivity contribution in [1.29, 1.82) is 0 Å². The lowest BCUT2D eigenvalue weighted by Gasteiger charge is -2.16. The van der Waals surface area contributed by atoms with Crippen LogP contribution in [0, 0.1) is 3.57 Å². The van der Waals surface area contributed by atoms with E-state index in [2.05, 4.69) is 29.2 Å². The third-order valence-corrected chi connectivity index (χ3v) is 4.80. The fourth-order valence-corrected chi connectivity index (χ4v) is 3.71. The molecule has 5 nitrogen and oxygen atoms in total. The molecule has 128 valence electrons. The normalized spacial score (nSPS) is 16.2.